The maximum Gasteiger partial charge on any atom is 0.0607 e. The van der Waals surface area contributed by atoms with E-state index in [4.69, 9.17) is 15.4 Å². The molecule has 0 aliphatic heterocycles. The second kappa shape index (κ2) is 9.13. The highest BCUT2D eigenvalue weighted by Gasteiger charge is 2.02. The van der Waals surface area contributed by atoms with Crippen LogP contribution in [-0.4, -0.2) is 34.7 Å². The molecule has 0 aromatic carbocycles. The van der Waals surface area contributed by atoms with E-state index in [0.29, 0.717) is 12.8 Å². The molecule has 0 aliphatic rings. The summed E-state index contributed by atoms with van der Waals surface area (Å²) in [6.45, 7) is -0.00528. The molecule has 0 amide bonds. The van der Waals surface area contributed by atoms with Crippen LogP contribution in [0.1, 0.15) is 12.8 Å². The van der Waals surface area contributed by atoms with Crippen molar-refractivity contribution in [1.82, 2.24) is 5.48 Å². The fraction of sp³-hybridized carbons (Fsp3) is 1.00. The Hall–Kier alpha value is 0.130. The lowest BCUT2D eigenvalue weighted by molar-refractivity contribution is 0.0825. The minimum atomic E-state index is -0.294. The summed E-state index contributed by atoms with van der Waals surface area (Å²) >= 11 is 0. The molecule has 0 saturated heterocycles. The quantitative estimate of drug-likeness (QED) is 0.422. The van der Waals surface area contributed by atoms with E-state index >= 15 is 0 Å². The fourth-order valence-electron chi connectivity index (χ4n) is 0.534. The number of aliphatic hydroxyl groups excluding tert-OH is 2. The second-order valence-electron chi connectivity index (χ2n) is 1.87. The molecule has 5 heteroatoms. The first-order chi connectivity index (χ1) is 4.35. The highest BCUT2D eigenvalue weighted by atomic mass is 35.5. The lowest BCUT2D eigenvalue weighted by atomic mass is 10.2. The van der Waals surface area contributed by atoms with Gasteiger partial charge in [0.05, 0.1) is 12.6 Å². The van der Waals surface area contributed by atoms with E-state index in [1.807, 2.05) is 5.48 Å². The van der Waals surface area contributed by atoms with E-state index in [-0.39, 0.29) is 31.7 Å². The molecular weight excluding hydrogens is 158 g/mol. The molecular formula is C5H14ClNO3. The first-order valence-corrected chi connectivity index (χ1v) is 2.96. The Morgan fingerprint density at radius 2 is 1.90 bits per heavy atom. The number of rotatable bonds is 5. The minimum absolute atomic E-state index is 0. The largest absolute Gasteiger partial charge is 0.396 e. The third-order valence-electron chi connectivity index (χ3n) is 1.11. The van der Waals surface area contributed by atoms with Gasteiger partial charge in [0, 0.05) is 6.61 Å². The molecule has 4 nitrogen and oxygen atoms in total. The van der Waals surface area contributed by atoms with Crippen LogP contribution in [0.15, 0.2) is 0 Å². The molecule has 64 valence electrons. The lowest BCUT2D eigenvalue weighted by Gasteiger charge is -2.09. The number of hydrogen-bond acceptors (Lipinski definition) is 4. The number of hydroxylamine groups is 1. The molecule has 0 fully saturated rings. The smallest absolute Gasteiger partial charge is 0.0607 e. The van der Waals surface area contributed by atoms with Crippen molar-refractivity contribution in [3.8, 4) is 0 Å². The Morgan fingerprint density at radius 1 is 1.30 bits per heavy atom. The van der Waals surface area contributed by atoms with Crippen LogP contribution in [0.25, 0.3) is 0 Å². The zero-order chi connectivity index (χ0) is 7.11. The van der Waals surface area contributed by atoms with E-state index in [9.17, 15) is 0 Å². The van der Waals surface area contributed by atoms with E-state index in [1.54, 1.807) is 0 Å². The van der Waals surface area contributed by atoms with Crippen LogP contribution in [0.2, 0.25) is 0 Å². The summed E-state index contributed by atoms with van der Waals surface area (Å²) in [4.78, 5) is 0. The van der Waals surface area contributed by atoms with Crippen molar-refractivity contribution in [2.24, 2.45) is 0 Å². The molecule has 0 heterocycles. The van der Waals surface area contributed by atoms with Crippen molar-refractivity contribution in [1.29, 1.82) is 0 Å². The van der Waals surface area contributed by atoms with Crippen LogP contribution in [0.4, 0.5) is 0 Å². The van der Waals surface area contributed by atoms with Gasteiger partial charge in [0.2, 0.25) is 0 Å². The summed E-state index contributed by atoms with van der Waals surface area (Å²) in [5.74, 6) is 0. The van der Waals surface area contributed by atoms with Gasteiger partial charge in [-0.3, -0.25) is 0 Å². The monoisotopic (exact) mass is 171 g/mol. The highest BCUT2D eigenvalue weighted by molar-refractivity contribution is 5.85. The third kappa shape index (κ3) is 6.25. The van der Waals surface area contributed by atoms with Gasteiger partial charge in [0.1, 0.15) is 0 Å². The number of halogens is 1. The standard InChI is InChI=1S/C5H13NO3.ClH/c7-3-1-2-5(4-8)6-9;/h5-9H,1-4H2;1H. The number of nitrogens with one attached hydrogen (secondary N) is 1. The first kappa shape index (κ1) is 12.8. The molecule has 0 bridgehead atoms. The van der Waals surface area contributed by atoms with Gasteiger partial charge in [-0.1, -0.05) is 0 Å². The molecule has 0 aromatic heterocycles. The summed E-state index contributed by atoms with van der Waals surface area (Å²) in [6.07, 6.45) is 1.18. The van der Waals surface area contributed by atoms with Gasteiger partial charge in [-0.25, -0.2) is 5.48 Å². The van der Waals surface area contributed by atoms with Crippen molar-refractivity contribution >= 4 is 12.4 Å². The van der Waals surface area contributed by atoms with Crippen molar-refractivity contribution in [3.05, 3.63) is 0 Å². The Labute approximate surface area is 66.2 Å². The van der Waals surface area contributed by atoms with Gasteiger partial charge >= 0.3 is 0 Å². The van der Waals surface area contributed by atoms with Gasteiger partial charge in [-0.15, -0.1) is 12.4 Å². The number of hydrogen-bond donors (Lipinski definition) is 4. The normalized spacial score (nSPS) is 12.3. The summed E-state index contributed by atoms with van der Waals surface area (Å²) in [5.41, 5.74) is 1.93. The van der Waals surface area contributed by atoms with Crippen molar-refractivity contribution < 1.29 is 15.4 Å². The topological polar surface area (TPSA) is 72.7 Å². The van der Waals surface area contributed by atoms with E-state index < -0.39 is 0 Å². The minimum Gasteiger partial charge on any atom is -0.396 e. The molecule has 1 unspecified atom stereocenters. The molecule has 0 rings (SSSR count). The molecule has 10 heavy (non-hydrogen) atoms. The van der Waals surface area contributed by atoms with E-state index in [2.05, 4.69) is 0 Å². The van der Waals surface area contributed by atoms with Gasteiger partial charge < -0.3 is 15.4 Å². The Balaban J connectivity index is 0. The van der Waals surface area contributed by atoms with Crippen molar-refractivity contribution in [3.63, 3.8) is 0 Å². The van der Waals surface area contributed by atoms with Crippen LogP contribution < -0.4 is 5.48 Å². The molecule has 0 aromatic rings. The van der Waals surface area contributed by atoms with Gasteiger partial charge in [0.25, 0.3) is 0 Å². The first-order valence-electron chi connectivity index (χ1n) is 2.96. The average molecular weight is 172 g/mol. The van der Waals surface area contributed by atoms with Crippen LogP contribution in [0.3, 0.4) is 0 Å². The van der Waals surface area contributed by atoms with Gasteiger partial charge in [-0.05, 0) is 12.8 Å². The van der Waals surface area contributed by atoms with E-state index in [1.165, 1.54) is 0 Å². The Kier molecular flexibility index (Phi) is 11.7. The summed E-state index contributed by atoms with van der Waals surface area (Å²) < 4.78 is 0. The maximum atomic E-state index is 8.45. The average Bonchev–Trinajstić information content (AvgIpc) is 1.91. The fourth-order valence-corrected chi connectivity index (χ4v) is 0.534. The molecule has 0 radical (unpaired) electrons. The van der Waals surface area contributed by atoms with Gasteiger partial charge in [0.15, 0.2) is 0 Å². The summed E-state index contributed by atoms with van der Waals surface area (Å²) in [5, 5.41) is 25.0. The zero-order valence-corrected chi connectivity index (χ0v) is 6.47. The highest BCUT2D eigenvalue weighted by Crippen LogP contribution is 1.93. The van der Waals surface area contributed by atoms with Crippen molar-refractivity contribution in [2.45, 2.75) is 18.9 Å². The Morgan fingerprint density at radius 3 is 2.20 bits per heavy atom. The lowest BCUT2D eigenvalue weighted by Crippen LogP contribution is -2.29. The van der Waals surface area contributed by atoms with Crippen LogP contribution >= 0.6 is 12.4 Å². The Bertz CT molecular complexity index is 60.9. The van der Waals surface area contributed by atoms with Crippen LogP contribution in [0.5, 0.6) is 0 Å². The SMILES string of the molecule is Cl.OCCCC(CO)NO. The van der Waals surface area contributed by atoms with Crippen LogP contribution in [-0.2, 0) is 0 Å². The second-order valence-corrected chi connectivity index (χ2v) is 1.87. The molecule has 1 atom stereocenters. The molecule has 0 aliphatic carbocycles. The number of aliphatic hydroxyl groups is 2. The summed E-state index contributed by atoms with van der Waals surface area (Å²) in [7, 11) is 0. The van der Waals surface area contributed by atoms with Crippen molar-refractivity contribution in [2.75, 3.05) is 13.2 Å². The summed E-state index contributed by atoms with van der Waals surface area (Å²) in [6, 6.07) is -0.294. The molecule has 0 saturated carbocycles. The van der Waals surface area contributed by atoms with Gasteiger partial charge in [-0.2, -0.15) is 0 Å². The third-order valence-corrected chi connectivity index (χ3v) is 1.11. The zero-order valence-electron chi connectivity index (χ0n) is 5.66. The maximum absolute atomic E-state index is 8.45. The van der Waals surface area contributed by atoms with E-state index in [0.717, 1.165) is 0 Å². The predicted octanol–water partition coefficient (Wildman–Crippen LogP) is -0.480. The van der Waals surface area contributed by atoms with Crippen LogP contribution in [0, 0.1) is 0 Å². The molecule has 0 spiro atoms. The predicted molar refractivity (Wildman–Crippen MR) is 39.4 cm³/mol. The molecule has 4 N–H and O–H groups in total.